The normalized spacial score (nSPS) is 9.00. The molecule has 0 aliphatic heterocycles. The number of alkyl halides is 2. The molecule has 0 fully saturated rings. The maximum atomic E-state index is 10.6. The predicted octanol–water partition coefficient (Wildman–Crippen LogP) is 4.44. The van der Waals surface area contributed by atoms with Crippen LogP contribution in [-0.2, 0) is 11.2 Å². The third-order valence-electron chi connectivity index (χ3n) is 2.69. The molecule has 5 heteroatoms. The Balaban J connectivity index is 0. The van der Waals surface area contributed by atoms with Crippen molar-refractivity contribution < 1.29 is 4.79 Å². The topological polar surface area (TPSA) is 46.3 Å². The molecule has 3 nitrogen and oxygen atoms in total. The van der Waals surface area contributed by atoms with Crippen molar-refractivity contribution >= 4 is 34.8 Å². The molecule has 0 bridgehead atoms. The van der Waals surface area contributed by atoms with Crippen molar-refractivity contribution in [3.8, 4) is 0 Å². The number of nitrogens with zero attached hydrogens (tertiary/aromatic N) is 1. The number of halogens is 2. The fraction of sp³-hybridized carbons (Fsp3) is 0.588. The molecule has 1 rings (SSSR count). The average molecular weight is 349 g/mol. The van der Waals surface area contributed by atoms with Crippen molar-refractivity contribution in [1.29, 1.82) is 0 Å². The second-order valence-corrected chi connectivity index (χ2v) is 5.28. The van der Waals surface area contributed by atoms with Crippen LogP contribution in [-0.4, -0.2) is 31.3 Å². The van der Waals surface area contributed by atoms with Crippen LogP contribution < -0.4 is 10.6 Å². The van der Waals surface area contributed by atoms with Crippen LogP contribution in [0.5, 0.6) is 0 Å². The van der Waals surface area contributed by atoms with E-state index in [0.29, 0.717) is 12.3 Å². The molecule has 0 atom stereocenters. The summed E-state index contributed by atoms with van der Waals surface area (Å²) in [4.78, 5) is 12.7. The number of aryl methyl sites for hydroxylation is 1. The van der Waals surface area contributed by atoms with Gasteiger partial charge in [0, 0.05) is 37.5 Å². The van der Waals surface area contributed by atoms with Gasteiger partial charge >= 0.3 is 0 Å². The summed E-state index contributed by atoms with van der Waals surface area (Å²) in [6, 6.07) is 8.32. The molecule has 22 heavy (non-hydrogen) atoms. The Morgan fingerprint density at radius 1 is 1.18 bits per heavy atom. The van der Waals surface area contributed by atoms with E-state index >= 15 is 0 Å². The van der Waals surface area contributed by atoms with Gasteiger partial charge in [0.05, 0.1) is 0 Å². The molecular weight excluding hydrogens is 319 g/mol. The highest BCUT2D eigenvalue weighted by atomic mass is 35.5. The standard InChI is InChI=1S/C13H19ClN2O.C2H5Cl.C2H6/c1-16(10-9-14)12-7-5-11(6-8-12)3-2-4-13(15)17;1-2-3;1-2/h5-8H,2-4,9-10H2,1H3,(H2,15,17);2H2,1H3;1-2H3. The first kappa shape index (κ1) is 23.3. The minimum absolute atomic E-state index is 0.233. The van der Waals surface area contributed by atoms with E-state index in [2.05, 4.69) is 29.2 Å². The second-order valence-electron chi connectivity index (χ2n) is 4.36. The number of hydrogen-bond acceptors (Lipinski definition) is 2. The monoisotopic (exact) mass is 348 g/mol. The Bertz CT molecular complexity index is 369. The molecule has 0 aliphatic rings. The van der Waals surface area contributed by atoms with Gasteiger partial charge in [0.2, 0.25) is 5.91 Å². The van der Waals surface area contributed by atoms with Crippen molar-refractivity contribution in [1.82, 2.24) is 0 Å². The van der Waals surface area contributed by atoms with Crippen molar-refractivity contribution in [3.63, 3.8) is 0 Å². The number of rotatable bonds is 7. The van der Waals surface area contributed by atoms with E-state index in [0.717, 1.165) is 31.0 Å². The average Bonchev–Trinajstić information content (AvgIpc) is 2.50. The lowest BCUT2D eigenvalue weighted by atomic mass is 10.1. The van der Waals surface area contributed by atoms with E-state index < -0.39 is 0 Å². The first-order valence-corrected chi connectivity index (χ1v) is 8.82. The van der Waals surface area contributed by atoms with Crippen molar-refractivity contribution in [2.24, 2.45) is 5.73 Å². The summed E-state index contributed by atoms with van der Waals surface area (Å²) in [6.45, 7) is 6.73. The van der Waals surface area contributed by atoms with Gasteiger partial charge in [-0.25, -0.2) is 0 Å². The van der Waals surface area contributed by atoms with Crippen LogP contribution in [0.3, 0.4) is 0 Å². The third kappa shape index (κ3) is 12.8. The summed E-state index contributed by atoms with van der Waals surface area (Å²) in [6.07, 6.45) is 2.16. The number of benzene rings is 1. The number of carbonyl (C=O) groups is 1. The van der Waals surface area contributed by atoms with E-state index in [1.165, 1.54) is 5.56 Å². The molecule has 128 valence electrons. The van der Waals surface area contributed by atoms with Crippen molar-refractivity contribution in [3.05, 3.63) is 29.8 Å². The Labute approximate surface area is 145 Å². The predicted molar refractivity (Wildman–Crippen MR) is 100 cm³/mol. The first-order valence-electron chi connectivity index (χ1n) is 7.75. The number of amides is 1. The van der Waals surface area contributed by atoms with Gasteiger partial charge in [-0.05, 0) is 30.5 Å². The van der Waals surface area contributed by atoms with Gasteiger partial charge < -0.3 is 10.6 Å². The van der Waals surface area contributed by atoms with Gasteiger partial charge in [-0.1, -0.05) is 32.9 Å². The Morgan fingerprint density at radius 3 is 2.09 bits per heavy atom. The zero-order valence-corrected chi connectivity index (χ0v) is 15.8. The molecule has 0 aromatic heterocycles. The van der Waals surface area contributed by atoms with E-state index in [-0.39, 0.29) is 5.91 Å². The van der Waals surface area contributed by atoms with E-state index in [9.17, 15) is 4.79 Å². The molecule has 1 amide bonds. The summed E-state index contributed by atoms with van der Waals surface area (Å²) in [5.74, 6) is 1.11. The maximum Gasteiger partial charge on any atom is 0.217 e. The smallest absolute Gasteiger partial charge is 0.217 e. The molecule has 0 unspecified atom stereocenters. The quantitative estimate of drug-likeness (QED) is 0.740. The highest BCUT2D eigenvalue weighted by Gasteiger charge is 2.01. The molecule has 0 saturated heterocycles. The SMILES string of the molecule is CC.CCCl.CN(CCCl)c1ccc(CCCC(N)=O)cc1. The number of carbonyl (C=O) groups excluding carboxylic acids is 1. The molecule has 0 spiro atoms. The zero-order chi connectivity index (χ0) is 17.4. The number of primary amides is 1. The summed E-state index contributed by atoms with van der Waals surface area (Å²) < 4.78 is 0. The Morgan fingerprint density at radius 2 is 1.68 bits per heavy atom. The molecule has 0 heterocycles. The van der Waals surface area contributed by atoms with Crippen LogP contribution >= 0.6 is 23.2 Å². The number of nitrogens with two attached hydrogens (primary N) is 1. The van der Waals surface area contributed by atoms with Gasteiger partial charge in [0.1, 0.15) is 0 Å². The van der Waals surface area contributed by atoms with E-state index in [4.69, 9.17) is 28.9 Å². The number of anilines is 1. The van der Waals surface area contributed by atoms with Gasteiger partial charge in [0.15, 0.2) is 0 Å². The van der Waals surface area contributed by atoms with Crippen LogP contribution in [0.1, 0.15) is 39.2 Å². The van der Waals surface area contributed by atoms with Crippen LogP contribution in [0.15, 0.2) is 24.3 Å². The van der Waals surface area contributed by atoms with Crippen LogP contribution in [0, 0.1) is 0 Å². The Kier molecular flexibility index (Phi) is 17.4. The molecule has 1 aromatic carbocycles. The zero-order valence-electron chi connectivity index (χ0n) is 14.2. The molecule has 0 radical (unpaired) electrons. The van der Waals surface area contributed by atoms with Crippen molar-refractivity contribution in [2.75, 3.05) is 30.3 Å². The second kappa shape index (κ2) is 16.4. The summed E-state index contributed by atoms with van der Waals surface area (Å²) in [5, 5.41) is 0. The largest absolute Gasteiger partial charge is 0.373 e. The van der Waals surface area contributed by atoms with E-state index in [1.54, 1.807) is 0 Å². The lowest BCUT2D eigenvalue weighted by Crippen LogP contribution is -2.19. The molecular formula is C17H30Cl2N2O. The molecule has 0 saturated carbocycles. The summed E-state index contributed by atoms with van der Waals surface area (Å²) in [5.41, 5.74) is 7.48. The molecule has 1 aromatic rings. The van der Waals surface area contributed by atoms with Crippen LogP contribution in [0.2, 0.25) is 0 Å². The van der Waals surface area contributed by atoms with Gasteiger partial charge in [-0.2, -0.15) is 0 Å². The van der Waals surface area contributed by atoms with Gasteiger partial charge in [0.25, 0.3) is 0 Å². The summed E-state index contributed by atoms with van der Waals surface area (Å²) >= 11 is 10.7. The van der Waals surface area contributed by atoms with E-state index in [1.807, 2.05) is 27.8 Å². The lowest BCUT2D eigenvalue weighted by molar-refractivity contribution is -0.118. The van der Waals surface area contributed by atoms with Gasteiger partial charge in [-0.3, -0.25) is 4.79 Å². The fourth-order valence-electron chi connectivity index (χ4n) is 1.64. The summed E-state index contributed by atoms with van der Waals surface area (Å²) in [7, 11) is 2.02. The number of hydrogen-bond donors (Lipinski definition) is 1. The van der Waals surface area contributed by atoms with Crippen LogP contribution in [0.4, 0.5) is 5.69 Å². The molecule has 0 aliphatic carbocycles. The lowest BCUT2D eigenvalue weighted by Gasteiger charge is -2.17. The maximum absolute atomic E-state index is 10.6. The van der Waals surface area contributed by atoms with Gasteiger partial charge in [-0.15, -0.1) is 23.2 Å². The Hall–Kier alpha value is -0.930. The van der Waals surface area contributed by atoms with Crippen molar-refractivity contribution in [2.45, 2.75) is 40.0 Å². The fourth-order valence-corrected chi connectivity index (χ4v) is 1.89. The first-order chi connectivity index (χ1) is 10.5. The van der Waals surface area contributed by atoms with Crippen LogP contribution in [0.25, 0.3) is 0 Å². The third-order valence-corrected chi connectivity index (χ3v) is 2.85. The minimum Gasteiger partial charge on any atom is -0.373 e. The highest BCUT2D eigenvalue weighted by molar-refractivity contribution is 6.18. The highest BCUT2D eigenvalue weighted by Crippen LogP contribution is 2.15. The minimum atomic E-state index is -0.233. The molecule has 2 N–H and O–H groups in total.